The highest BCUT2D eigenvalue weighted by Crippen LogP contribution is 2.32. The van der Waals surface area contributed by atoms with Crippen molar-refractivity contribution in [3.05, 3.63) is 51.1 Å². The third-order valence-electron chi connectivity index (χ3n) is 4.52. The van der Waals surface area contributed by atoms with Gasteiger partial charge in [0.05, 0.1) is 11.3 Å². The number of ether oxygens (including phenoxy) is 1. The van der Waals surface area contributed by atoms with E-state index in [-0.39, 0.29) is 11.1 Å². The Morgan fingerprint density at radius 2 is 2.17 bits per heavy atom. The molecule has 0 atom stereocenters. The molecule has 0 saturated heterocycles. The normalized spacial score (nSPS) is 17.9. The molecule has 2 N–H and O–H groups in total. The molecular weight excluding hydrogens is 306 g/mol. The minimum absolute atomic E-state index is 0.286. The van der Waals surface area contributed by atoms with E-state index in [9.17, 15) is 9.59 Å². The summed E-state index contributed by atoms with van der Waals surface area (Å²) < 4.78 is 5.86. The lowest BCUT2D eigenvalue weighted by atomic mass is 9.90. The molecule has 1 aliphatic heterocycles. The summed E-state index contributed by atoms with van der Waals surface area (Å²) in [6.07, 6.45) is 8.74. The van der Waals surface area contributed by atoms with Crippen molar-refractivity contribution in [2.24, 2.45) is 0 Å². The monoisotopic (exact) mass is 329 g/mol. The number of pyridine rings is 1. The molecule has 6 heteroatoms. The fraction of sp³-hybridized carbons (Fsp3) is 0.444. The number of carbonyl (C=O) groups is 1. The van der Waals surface area contributed by atoms with Gasteiger partial charge >= 0.3 is 0 Å². The smallest absolute Gasteiger partial charge is 0.248 e. The van der Waals surface area contributed by atoms with Crippen LogP contribution in [0.2, 0.25) is 0 Å². The van der Waals surface area contributed by atoms with Crippen LogP contribution in [0.4, 0.5) is 0 Å². The SMILES string of the molecule is CCN1NCC=C1C1=C(COc2c[nH]c(=O)cc2C=O)CCCC1. The molecule has 0 bridgehead atoms. The van der Waals surface area contributed by atoms with E-state index in [1.165, 1.54) is 35.5 Å². The lowest BCUT2D eigenvalue weighted by Crippen LogP contribution is -2.32. The van der Waals surface area contributed by atoms with Crippen LogP contribution in [0.1, 0.15) is 43.0 Å². The quantitative estimate of drug-likeness (QED) is 0.782. The Kier molecular flexibility index (Phi) is 5.15. The van der Waals surface area contributed by atoms with Crippen molar-refractivity contribution in [1.29, 1.82) is 0 Å². The number of likely N-dealkylation sites (N-methyl/N-ethyl adjacent to an activating group) is 1. The van der Waals surface area contributed by atoms with Crippen LogP contribution in [0, 0.1) is 0 Å². The van der Waals surface area contributed by atoms with Gasteiger partial charge in [-0.25, -0.2) is 5.43 Å². The molecule has 0 spiro atoms. The number of hydrogen-bond acceptors (Lipinski definition) is 5. The first-order valence-corrected chi connectivity index (χ1v) is 8.46. The number of aromatic nitrogens is 1. The molecule has 0 fully saturated rings. The van der Waals surface area contributed by atoms with Gasteiger partial charge in [0.15, 0.2) is 6.29 Å². The zero-order valence-corrected chi connectivity index (χ0v) is 13.9. The maximum atomic E-state index is 11.3. The molecule has 1 aromatic rings. The summed E-state index contributed by atoms with van der Waals surface area (Å²) in [5.41, 5.74) is 7.22. The van der Waals surface area contributed by atoms with Crippen molar-refractivity contribution in [2.75, 3.05) is 19.7 Å². The van der Waals surface area contributed by atoms with Gasteiger partial charge in [-0.05, 0) is 49.8 Å². The molecule has 1 aliphatic carbocycles. The molecule has 0 aromatic carbocycles. The van der Waals surface area contributed by atoms with Gasteiger partial charge in [0.2, 0.25) is 5.56 Å². The summed E-state index contributed by atoms with van der Waals surface area (Å²) in [4.78, 5) is 25.0. The average molecular weight is 329 g/mol. The standard InChI is InChI=1S/C18H23N3O3/c1-2-21-16(7-8-20-21)15-6-4-3-5-13(15)12-24-17-10-19-18(23)9-14(17)11-22/h7,9-11,20H,2-6,8,12H2,1H3,(H,19,23). The number of nitrogens with one attached hydrogen (secondary N) is 2. The summed E-state index contributed by atoms with van der Waals surface area (Å²) >= 11 is 0. The molecule has 0 unspecified atom stereocenters. The lowest BCUT2D eigenvalue weighted by molar-refractivity contribution is 0.111. The summed E-state index contributed by atoms with van der Waals surface area (Å²) in [5, 5.41) is 2.18. The van der Waals surface area contributed by atoms with Gasteiger partial charge < -0.3 is 14.7 Å². The Labute approximate surface area is 141 Å². The molecule has 24 heavy (non-hydrogen) atoms. The first-order valence-electron chi connectivity index (χ1n) is 8.46. The highest BCUT2D eigenvalue weighted by atomic mass is 16.5. The third kappa shape index (κ3) is 3.43. The van der Waals surface area contributed by atoms with Gasteiger partial charge in [-0.2, -0.15) is 0 Å². The molecule has 2 heterocycles. The number of allylic oxidation sites excluding steroid dienone is 1. The second-order valence-corrected chi connectivity index (χ2v) is 6.01. The largest absolute Gasteiger partial charge is 0.487 e. The van der Waals surface area contributed by atoms with E-state index >= 15 is 0 Å². The zero-order valence-electron chi connectivity index (χ0n) is 13.9. The van der Waals surface area contributed by atoms with Crippen molar-refractivity contribution >= 4 is 6.29 Å². The van der Waals surface area contributed by atoms with Crippen LogP contribution in [0.3, 0.4) is 0 Å². The Morgan fingerprint density at radius 1 is 1.33 bits per heavy atom. The van der Waals surface area contributed by atoms with Gasteiger partial charge in [-0.1, -0.05) is 0 Å². The molecule has 128 valence electrons. The first-order chi connectivity index (χ1) is 11.7. The van der Waals surface area contributed by atoms with Crippen LogP contribution in [0.15, 0.2) is 40.0 Å². The van der Waals surface area contributed by atoms with Crippen molar-refractivity contribution in [3.63, 3.8) is 0 Å². The van der Waals surface area contributed by atoms with E-state index in [1.54, 1.807) is 0 Å². The predicted octanol–water partition coefficient (Wildman–Crippen LogP) is 2.16. The first kappa shape index (κ1) is 16.5. The number of rotatable bonds is 6. The minimum Gasteiger partial charge on any atom is -0.487 e. The lowest BCUT2D eigenvalue weighted by Gasteiger charge is -2.27. The minimum atomic E-state index is -0.303. The summed E-state index contributed by atoms with van der Waals surface area (Å²) in [7, 11) is 0. The van der Waals surface area contributed by atoms with Crippen molar-refractivity contribution in [2.45, 2.75) is 32.6 Å². The van der Waals surface area contributed by atoms with Crippen molar-refractivity contribution in [3.8, 4) is 5.75 Å². The summed E-state index contributed by atoms with van der Waals surface area (Å²) in [6.45, 7) is 4.34. The highest BCUT2D eigenvalue weighted by molar-refractivity contribution is 5.78. The Balaban J connectivity index is 1.81. The Hall–Kier alpha value is -2.34. The van der Waals surface area contributed by atoms with Crippen LogP contribution in [0.5, 0.6) is 5.75 Å². The van der Waals surface area contributed by atoms with Crippen LogP contribution in [0.25, 0.3) is 0 Å². The third-order valence-corrected chi connectivity index (χ3v) is 4.52. The van der Waals surface area contributed by atoms with Gasteiger partial charge in [-0.15, -0.1) is 0 Å². The fourth-order valence-corrected chi connectivity index (χ4v) is 3.31. The van der Waals surface area contributed by atoms with Gasteiger partial charge in [-0.3, -0.25) is 9.59 Å². The molecule has 3 rings (SSSR count). The summed E-state index contributed by atoms with van der Waals surface area (Å²) in [5.74, 6) is 0.424. The molecule has 6 nitrogen and oxygen atoms in total. The van der Waals surface area contributed by atoms with E-state index < -0.39 is 0 Å². The number of H-pyrrole nitrogens is 1. The highest BCUT2D eigenvalue weighted by Gasteiger charge is 2.22. The zero-order chi connectivity index (χ0) is 16.9. The number of carbonyl (C=O) groups excluding carboxylic acids is 1. The number of hydrazine groups is 1. The Bertz CT molecular complexity index is 733. The van der Waals surface area contributed by atoms with Crippen LogP contribution in [-0.2, 0) is 0 Å². The van der Waals surface area contributed by atoms with Crippen LogP contribution in [-0.4, -0.2) is 36.0 Å². The van der Waals surface area contributed by atoms with E-state index in [1.807, 2.05) is 0 Å². The second kappa shape index (κ2) is 7.49. The topological polar surface area (TPSA) is 74.4 Å². The molecule has 0 saturated carbocycles. The van der Waals surface area contributed by atoms with Gasteiger partial charge in [0, 0.05) is 25.4 Å². The van der Waals surface area contributed by atoms with E-state index in [0.717, 1.165) is 32.4 Å². The van der Waals surface area contributed by atoms with Crippen LogP contribution >= 0.6 is 0 Å². The van der Waals surface area contributed by atoms with E-state index in [4.69, 9.17) is 4.74 Å². The number of nitrogens with zero attached hydrogens (tertiary/aromatic N) is 1. The van der Waals surface area contributed by atoms with Gasteiger partial charge in [0.25, 0.3) is 0 Å². The fourth-order valence-electron chi connectivity index (χ4n) is 3.31. The second-order valence-electron chi connectivity index (χ2n) is 6.01. The van der Waals surface area contributed by atoms with Crippen LogP contribution < -0.4 is 15.7 Å². The predicted molar refractivity (Wildman–Crippen MR) is 91.9 cm³/mol. The molecule has 2 aliphatic rings. The van der Waals surface area contributed by atoms with E-state index in [0.29, 0.717) is 18.6 Å². The van der Waals surface area contributed by atoms with Crippen molar-refractivity contribution < 1.29 is 9.53 Å². The van der Waals surface area contributed by atoms with Gasteiger partial charge in [0.1, 0.15) is 12.4 Å². The Morgan fingerprint density at radius 3 is 2.96 bits per heavy atom. The van der Waals surface area contributed by atoms with Crippen molar-refractivity contribution in [1.82, 2.24) is 15.4 Å². The number of aromatic amines is 1. The maximum Gasteiger partial charge on any atom is 0.248 e. The average Bonchev–Trinajstić information content (AvgIpc) is 3.09. The number of aldehydes is 1. The molecule has 1 aromatic heterocycles. The molecule has 0 amide bonds. The molecular formula is C18H23N3O3. The van der Waals surface area contributed by atoms with E-state index in [2.05, 4.69) is 28.4 Å². The maximum absolute atomic E-state index is 11.3. The summed E-state index contributed by atoms with van der Waals surface area (Å²) in [6, 6.07) is 1.26. The molecule has 0 radical (unpaired) electrons. The number of hydrogen-bond donors (Lipinski definition) is 2.